The molecule has 0 saturated carbocycles. The molecular weight excluding hydrogens is 348 g/mol. The van der Waals surface area contributed by atoms with Crippen molar-refractivity contribution in [3.05, 3.63) is 75.8 Å². The zero-order valence-electron chi connectivity index (χ0n) is 14.3. The number of benzene rings is 2. The second kappa shape index (κ2) is 6.21. The molecule has 1 aromatic heterocycles. The Morgan fingerprint density at radius 2 is 1.85 bits per heavy atom. The summed E-state index contributed by atoms with van der Waals surface area (Å²) in [5.74, 6) is 0.754. The molecule has 132 valence electrons. The fraction of sp³-hybridized carbons (Fsp3) is 0.200. The summed E-state index contributed by atoms with van der Waals surface area (Å²) in [7, 11) is -3.04. The summed E-state index contributed by atoms with van der Waals surface area (Å²) in [5, 5.41) is 0.641. The van der Waals surface area contributed by atoms with Crippen LogP contribution in [0.15, 0.2) is 53.3 Å². The van der Waals surface area contributed by atoms with Crippen LogP contribution < -0.4 is 5.56 Å². The molecule has 0 radical (unpaired) electrons. The Morgan fingerprint density at radius 3 is 2.58 bits per heavy atom. The van der Waals surface area contributed by atoms with Crippen molar-refractivity contribution in [3.63, 3.8) is 0 Å². The lowest BCUT2D eigenvalue weighted by Gasteiger charge is -2.07. The molecule has 6 heteroatoms. The molecule has 2 aromatic carbocycles. The monoisotopic (exact) mass is 366 g/mol. The van der Waals surface area contributed by atoms with E-state index in [-0.39, 0.29) is 11.3 Å². The Bertz CT molecular complexity index is 1190. The van der Waals surface area contributed by atoms with E-state index in [0.717, 1.165) is 35.2 Å². The summed E-state index contributed by atoms with van der Waals surface area (Å²) in [5.41, 5.74) is 3.45. The van der Waals surface area contributed by atoms with Gasteiger partial charge in [-0.05, 0) is 41.3 Å². The van der Waals surface area contributed by atoms with E-state index in [9.17, 15) is 13.2 Å². The first-order valence-corrected chi connectivity index (χ1v) is 10.4. The highest BCUT2D eigenvalue weighted by atomic mass is 32.2. The van der Waals surface area contributed by atoms with Crippen LogP contribution in [0.1, 0.15) is 23.4 Å². The fourth-order valence-electron chi connectivity index (χ4n) is 3.39. The Hall–Kier alpha value is -2.73. The van der Waals surface area contributed by atoms with Gasteiger partial charge in [-0.2, -0.15) is 4.98 Å². The minimum atomic E-state index is -3.04. The second-order valence-electron chi connectivity index (χ2n) is 6.64. The minimum Gasteiger partial charge on any atom is -0.325 e. The van der Waals surface area contributed by atoms with Crippen LogP contribution in [-0.4, -0.2) is 24.2 Å². The van der Waals surface area contributed by atoms with E-state index in [1.165, 1.54) is 6.26 Å². The maximum Gasteiger partial charge on any atom is 0.281 e. The molecule has 3 aromatic rings. The predicted molar refractivity (Wildman–Crippen MR) is 103 cm³/mol. The lowest BCUT2D eigenvalue weighted by molar-refractivity contribution is 0.601. The molecule has 0 spiro atoms. The SMILES string of the molecule is CS(=O)(=O)Cc1ccc(/C=C2\CCn3c2nc(=O)c2ccccc23)cc1. The van der Waals surface area contributed by atoms with Crippen LogP contribution in [0, 0.1) is 0 Å². The van der Waals surface area contributed by atoms with Gasteiger partial charge in [-0.3, -0.25) is 4.79 Å². The number of sulfone groups is 1. The van der Waals surface area contributed by atoms with Gasteiger partial charge in [-0.15, -0.1) is 0 Å². The van der Waals surface area contributed by atoms with Crippen molar-refractivity contribution in [2.24, 2.45) is 0 Å². The largest absolute Gasteiger partial charge is 0.325 e. The summed E-state index contributed by atoms with van der Waals surface area (Å²) >= 11 is 0. The van der Waals surface area contributed by atoms with E-state index in [2.05, 4.69) is 9.55 Å². The van der Waals surface area contributed by atoms with Crippen molar-refractivity contribution < 1.29 is 8.42 Å². The summed E-state index contributed by atoms with van der Waals surface area (Å²) in [6, 6.07) is 15.0. The van der Waals surface area contributed by atoms with Gasteiger partial charge < -0.3 is 4.57 Å². The number of aromatic nitrogens is 2. The van der Waals surface area contributed by atoms with Crippen molar-refractivity contribution in [1.82, 2.24) is 9.55 Å². The van der Waals surface area contributed by atoms with E-state index < -0.39 is 9.84 Å². The van der Waals surface area contributed by atoms with Crippen LogP contribution in [0.3, 0.4) is 0 Å². The van der Waals surface area contributed by atoms with E-state index >= 15 is 0 Å². The predicted octanol–water partition coefficient (Wildman–Crippen LogP) is 2.89. The van der Waals surface area contributed by atoms with Crippen molar-refractivity contribution in [2.75, 3.05) is 6.26 Å². The highest BCUT2D eigenvalue weighted by Crippen LogP contribution is 2.29. The Kier molecular flexibility index (Phi) is 4.00. The summed E-state index contributed by atoms with van der Waals surface area (Å²) in [6.07, 6.45) is 4.06. The number of para-hydroxylation sites is 1. The maximum atomic E-state index is 12.3. The lowest BCUT2D eigenvalue weighted by Crippen LogP contribution is -2.14. The number of aryl methyl sites for hydroxylation is 1. The molecule has 0 atom stereocenters. The number of rotatable bonds is 3. The van der Waals surface area contributed by atoms with Gasteiger partial charge in [0.05, 0.1) is 16.7 Å². The Morgan fingerprint density at radius 1 is 1.12 bits per heavy atom. The second-order valence-corrected chi connectivity index (χ2v) is 8.78. The lowest BCUT2D eigenvalue weighted by atomic mass is 10.1. The van der Waals surface area contributed by atoms with Crippen LogP contribution in [0.5, 0.6) is 0 Å². The number of nitrogens with zero attached hydrogens (tertiary/aromatic N) is 2. The molecule has 0 unspecified atom stereocenters. The zero-order chi connectivity index (χ0) is 18.3. The van der Waals surface area contributed by atoms with Gasteiger partial charge in [-0.25, -0.2) is 8.42 Å². The molecule has 5 nitrogen and oxygen atoms in total. The Balaban J connectivity index is 1.72. The molecule has 0 fully saturated rings. The summed E-state index contributed by atoms with van der Waals surface area (Å²) in [6.45, 7) is 0.793. The minimum absolute atomic E-state index is 0.0373. The van der Waals surface area contributed by atoms with E-state index in [1.54, 1.807) is 6.07 Å². The number of allylic oxidation sites excluding steroid dienone is 1. The van der Waals surface area contributed by atoms with Gasteiger partial charge in [0.15, 0.2) is 9.84 Å². The van der Waals surface area contributed by atoms with Gasteiger partial charge in [0.2, 0.25) is 0 Å². The van der Waals surface area contributed by atoms with Crippen LogP contribution in [0.2, 0.25) is 0 Å². The average Bonchev–Trinajstić information content (AvgIpc) is 2.98. The van der Waals surface area contributed by atoms with Crippen molar-refractivity contribution in [3.8, 4) is 0 Å². The molecule has 2 heterocycles. The van der Waals surface area contributed by atoms with Gasteiger partial charge in [0.1, 0.15) is 5.82 Å². The average molecular weight is 366 g/mol. The summed E-state index contributed by atoms with van der Waals surface area (Å²) in [4.78, 5) is 16.6. The van der Waals surface area contributed by atoms with Gasteiger partial charge in [-0.1, -0.05) is 36.4 Å². The highest BCUT2D eigenvalue weighted by Gasteiger charge is 2.20. The highest BCUT2D eigenvalue weighted by molar-refractivity contribution is 7.89. The molecule has 0 N–H and O–H groups in total. The summed E-state index contributed by atoms with van der Waals surface area (Å²) < 4.78 is 24.9. The topological polar surface area (TPSA) is 69.0 Å². The molecule has 1 aliphatic rings. The number of hydrogen-bond acceptors (Lipinski definition) is 4. The number of hydrogen-bond donors (Lipinski definition) is 0. The van der Waals surface area contributed by atoms with Crippen LogP contribution in [-0.2, 0) is 22.1 Å². The fourth-order valence-corrected chi connectivity index (χ4v) is 4.18. The zero-order valence-corrected chi connectivity index (χ0v) is 15.2. The molecular formula is C20H18N2O3S. The van der Waals surface area contributed by atoms with Crippen LogP contribution >= 0.6 is 0 Å². The van der Waals surface area contributed by atoms with E-state index in [4.69, 9.17) is 0 Å². The van der Waals surface area contributed by atoms with E-state index in [0.29, 0.717) is 11.2 Å². The first kappa shape index (κ1) is 16.7. The molecule has 0 amide bonds. The first-order chi connectivity index (χ1) is 12.4. The van der Waals surface area contributed by atoms with Crippen LogP contribution in [0.4, 0.5) is 0 Å². The Labute approximate surface area is 151 Å². The molecule has 0 saturated heterocycles. The van der Waals surface area contributed by atoms with Crippen molar-refractivity contribution in [1.29, 1.82) is 0 Å². The van der Waals surface area contributed by atoms with Crippen molar-refractivity contribution >= 4 is 32.4 Å². The van der Waals surface area contributed by atoms with Crippen molar-refractivity contribution in [2.45, 2.75) is 18.7 Å². The first-order valence-electron chi connectivity index (χ1n) is 8.38. The molecule has 4 rings (SSSR count). The number of fused-ring (bicyclic) bond motifs is 3. The normalized spacial score (nSPS) is 15.5. The standard InChI is InChI=1S/C20H18N2O3S/c1-26(24,25)13-15-8-6-14(7-9-15)12-16-10-11-22-18-5-3-2-4-17(18)20(23)21-19(16)22/h2-9,12H,10-11,13H2,1H3/b16-12+. The molecule has 1 aliphatic heterocycles. The van der Waals surface area contributed by atoms with E-state index in [1.807, 2.05) is 48.5 Å². The van der Waals surface area contributed by atoms with Gasteiger partial charge >= 0.3 is 0 Å². The molecule has 26 heavy (non-hydrogen) atoms. The maximum absolute atomic E-state index is 12.3. The quantitative estimate of drug-likeness (QED) is 0.715. The van der Waals surface area contributed by atoms with Gasteiger partial charge in [0.25, 0.3) is 5.56 Å². The third-order valence-electron chi connectivity index (χ3n) is 4.53. The third kappa shape index (κ3) is 3.20. The molecule has 0 aliphatic carbocycles. The smallest absolute Gasteiger partial charge is 0.281 e. The third-order valence-corrected chi connectivity index (χ3v) is 5.39. The van der Waals surface area contributed by atoms with Crippen LogP contribution in [0.25, 0.3) is 22.6 Å². The molecule has 0 bridgehead atoms. The van der Waals surface area contributed by atoms with Gasteiger partial charge in [0, 0.05) is 12.8 Å².